The van der Waals surface area contributed by atoms with Gasteiger partial charge in [0.15, 0.2) is 5.89 Å². The summed E-state index contributed by atoms with van der Waals surface area (Å²) >= 11 is 0. The average Bonchev–Trinajstić information content (AvgIpc) is 2.98. The zero-order chi connectivity index (χ0) is 15.5. The van der Waals surface area contributed by atoms with Crippen LogP contribution in [-0.4, -0.2) is 29.0 Å². The Morgan fingerprint density at radius 1 is 1.36 bits per heavy atom. The Morgan fingerprint density at radius 3 is 2.95 bits per heavy atom. The van der Waals surface area contributed by atoms with Crippen molar-refractivity contribution in [1.29, 1.82) is 0 Å². The van der Waals surface area contributed by atoms with E-state index >= 15 is 0 Å². The smallest absolute Gasteiger partial charge is 0.198 e. The minimum absolute atomic E-state index is 0.191. The van der Waals surface area contributed by atoms with Crippen LogP contribution >= 0.6 is 0 Å². The molecular formula is C18H23FN2O. The number of benzene rings is 1. The van der Waals surface area contributed by atoms with E-state index in [2.05, 4.69) is 23.7 Å². The van der Waals surface area contributed by atoms with Crippen molar-refractivity contribution in [1.82, 2.24) is 9.88 Å². The lowest BCUT2D eigenvalue weighted by molar-refractivity contribution is 0.156. The van der Waals surface area contributed by atoms with E-state index in [1.807, 2.05) is 6.07 Å². The Kier molecular flexibility index (Phi) is 4.57. The van der Waals surface area contributed by atoms with Crippen LogP contribution < -0.4 is 0 Å². The lowest BCUT2D eigenvalue weighted by Crippen LogP contribution is -2.39. The van der Waals surface area contributed by atoms with Crippen LogP contribution in [-0.2, 0) is 6.42 Å². The Hall–Kier alpha value is -1.68. The summed E-state index contributed by atoms with van der Waals surface area (Å²) in [6.45, 7) is 6.59. The van der Waals surface area contributed by atoms with E-state index in [0.29, 0.717) is 23.9 Å². The van der Waals surface area contributed by atoms with Gasteiger partial charge < -0.3 is 9.32 Å². The number of oxazole rings is 1. The largest absolute Gasteiger partial charge is 0.445 e. The molecule has 0 bridgehead atoms. The number of hydrogen-bond acceptors (Lipinski definition) is 3. The van der Waals surface area contributed by atoms with Gasteiger partial charge in [0.05, 0.1) is 6.20 Å². The van der Waals surface area contributed by atoms with Crippen molar-refractivity contribution in [2.75, 3.05) is 13.1 Å². The van der Waals surface area contributed by atoms with Gasteiger partial charge in [-0.25, -0.2) is 9.37 Å². The number of rotatable bonds is 4. The van der Waals surface area contributed by atoms with Gasteiger partial charge in [0.2, 0.25) is 0 Å². The van der Waals surface area contributed by atoms with Gasteiger partial charge >= 0.3 is 0 Å². The number of halogens is 1. The number of hydrogen-bond donors (Lipinski definition) is 0. The number of piperidine rings is 1. The molecule has 1 fully saturated rings. The molecule has 1 unspecified atom stereocenters. The van der Waals surface area contributed by atoms with Crippen LogP contribution in [0.2, 0.25) is 0 Å². The second kappa shape index (κ2) is 6.61. The van der Waals surface area contributed by atoms with Gasteiger partial charge in [0.1, 0.15) is 11.6 Å². The fourth-order valence-electron chi connectivity index (χ4n) is 3.10. The molecule has 118 valence electrons. The number of aromatic nitrogens is 1. The Morgan fingerprint density at radius 2 is 2.18 bits per heavy atom. The fraction of sp³-hybridized carbons (Fsp3) is 0.500. The van der Waals surface area contributed by atoms with E-state index in [1.54, 1.807) is 18.3 Å². The van der Waals surface area contributed by atoms with E-state index in [9.17, 15) is 4.39 Å². The van der Waals surface area contributed by atoms with Gasteiger partial charge in [-0.2, -0.15) is 0 Å². The summed E-state index contributed by atoms with van der Waals surface area (Å²) in [6, 6.07) is 7.37. The maximum atomic E-state index is 13.7. The van der Waals surface area contributed by atoms with Crippen molar-refractivity contribution in [2.24, 2.45) is 0 Å². The second-order valence-corrected chi connectivity index (χ2v) is 6.36. The molecule has 3 nitrogen and oxygen atoms in total. The topological polar surface area (TPSA) is 29.3 Å². The number of nitrogens with zero attached hydrogens (tertiary/aromatic N) is 2. The molecule has 0 radical (unpaired) electrons. The van der Waals surface area contributed by atoms with Crippen molar-refractivity contribution >= 4 is 0 Å². The van der Waals surface area contributed by atoms with Crippen LogP contribution in [0.1, 0.15) is 49.8 Å². The first-order valence-electron chi connectivity index (χ1n) is 8.05. The standard InChI is InChI=1S/C18H23FN2O/c1-13(2)21-9-5-7-15(12-21)18-20-11-16(22-18)10-14-6-3-4-8-17(14)19/h3-4,6,8,11,13,15H,5,7,9-10,12H2,1-2H3. The molecule has 0 saturated carbocycles. The third-order valence-electron chi connectivity index (χ3n) is 4.43. The molecule has 1 saturated heterocycles. The molecule has 1 aromatic carbocycles. The monoisotopic (exact) mass is 302 g/mol. The first-order valence-corrected chi connectivity index (χ1v) is 8.05. The zero-order valence-corrected chi connectivity index (χ0v) is 13.3. The molecular weight excluding hydrogens is 279 g/mol. The number of likely N-dealkylation sites (tertiary alicyclic amines) is 1. The SMILES string of the molecule is CC(C)N1CCCC(c2ncc(Cc3ccccc3F)o2)C1. The summed E-state index contributed by atoms with van der Waals surface area (Å²) in [6.07, 6.45) is 4.49. The highest BCUT2D eigenvalue weighted by molar-refractivity contribution is 5.21. The lowest BCUT2D eigenvalue weighted by atomic mass is 9.97. The second-order valence-electron chi connectivity index (χ2n) is 6.36. The molecule has 0 aliphatic carbocycles. The summed E-state index contributed by atoms with van der Waals surface area (Å²) in [5.41, 5.74) is 0.651. The van der Waals surface area contributed by atoms with E-state index in [0.717, 1.165) is 31.2 Å². The van der Waals surface area contributed by atoms with Crippen LogP contribution in [0.3, 0.4) is 0 Å². The Bertz CT molecular complexity index is 623. The first kappa shape index (κ1) is 15.2. The first-order chi connectivity index (χ1) is 10.6. The van der Waals surface area contributed by atoms with E-state index in [4.69, 9.17) is 4.42 Å². The van der Waals surface area contributed by atoms with Crippen LogP contribution in [0.25, 0.3) is 0 Å². The normalized spacial score (nSPS) is 19.7. The zero-order valence-electron chi connectivity index (χ0n) is 13.3. The van der Waals surface area contributed by atoms with Gasteiger partial charge in [-0.3, -0.25) is 0 Å². The highest BCUT2D eigenvalue weighted by Crippen LogP contribution is 2.28. The average molecular weight is 302 g/mol. The molecule has 2 heterocycles. The third-order valence-corrected chi connectivity index (χ3v) is 4.43. The van der Waals surface area contributed by atoms with Gasteiger partial charge in [-0.1, -0.05) is 18.2 Å². The summed E-state index contributed by atoms with van der Waals surface area (Å²) in [7, 11) is 0. The summed E-state index contributed by atoms with van der Waals surface area (Å²) in [5, 5.41) is 0. The molecule has 1 aliphatic rings. The minimum atomic E-state index is -0.191. The van der Waals surface area contributed by atoms with Crippen molar-refractivity contribution in [3.63, 3.8) is 0 Å². The molecule has 0 amide bonds. The summed E-state index contributed by atoms with van der Waals surface area (Å²) in [4.78, 5) is 6.91. The van der Waals surface area contributed by atoms with Crippen LogP contribution in [0.4, 0.5) is 4.39 Å². The van der Waals surface area contributed by atoms with Crippen LogP contribution in [0, 0.1) is 5.82 Å². The fourth-order valence-corrected chi connectivity index (χ4v) is 3.10. The molecule has 2 aromatic rings. The predicted molar refractivity (Wildman–Crippen MR) is 84.4 cm³/mol. The van der Waals surface area contributed by atoms with Crippen molar-refractivity contribution < 1.29 is 8.81 Å². The Labute approximate surface area is 131 Å². The molecule has 22 heavy (non-hydrogen) atoms. The van der Waals surface area contributed by atoms with Crippen molar-refractivity contribution in [3.8, 4) is 0 Å². The van der Waals surface area contributed by atoms with Gasteiger partial charge in [-0.15, -0.1) is 0 Å². The molecule has 4 heteroatoms. The summed E-state index contributed by atoms with van der Waals surface area (Å²) in [5.74, 6) is 1.70. The van der Waals surface area contributed by atoms with Gasteiger partial charge in [-0.05, 0) is 44.9 Å². The van der Waals surface area contributed by atoms with Crippen molar-refractivity contribution in [3.05, 3.63) is 53.5 Å². The minimum Gasteiger partial charge on any atom is -0.445 e. The highest BCUT2D eigenvalue weighted by atomic mass is 19.1. The summed E-state index contributed by atoms with van der Waals surface area (Å²) < 4.78 is 19.6. The highest BCUT2D eigenvalue weighted by Gasteiger charge is 2.26. The molecule has 1 aromatic heterocycles. The third kappa shape index (κ3) is 3.38. The van der Waals surface area contributed by atoms with E-state index < -0.39 is 0 Å². The predicted octanol–water partition coefficient (Wildman–Crippen LogP) is 3.99. The van der Waals surface area contributed by atoms with Gasteiger partial charge in [0.25, 0.3) is 0 Å². The molecule has 0 N–H and O–H groups in total. The van der Waals surface area contributed by atoms with E-state index in [-0.39, 0.29) is 5.82 Å². The molecule has 0 spiro atoms. The van der Waals surface area contributed by atoms with Crippen LogP contribution in [0.5, 0.6) is 0 Å². The van der Waals surface area contributed by atoms with Gasteiger partial charge in [0, 0.05) is 24.9 Å². The molecule has 3 rings (SSSR count). The van der Waals surface area contributed by atoms with Crippen molar-refractivity contribution in [2.45, 2.75) is 45.1 Å². The maximum absolute atomic E-state index is 13.7. The van der Waals surface area contributed by atoms with Crippen LogP contribution in [0.15, 0.2) is 34.9 Å². The maximum Gasteiger partial charge on any atom is 0.198 e. The lowest BCUT2D eigenvalue weighted by Gasteiger charge is -2.34. The van der Waals surface area contributed by atoms with E-state index in [1.165, 1.54) is 12.5 Å². The molecule has 1 atom stereocenters. The quantitative estimate of drug-likeness (QED) is 0.855. The molecule has 1 aliphatic heterocycles. The Balaban J connectivity index is 1.70.